The molecular formula is C20H28N6. The number of benzene rings is 1. The van der Waals surface area contributed by atoms with E-state index in [0.29, 0.717) is 17.9 Å². The van der Waals surface area contributed by atoms with Crippen LogP contribution in [0.25, 0.3) is 0 Å². The van der Waals surface area contributed by atoms with E-state index in [1.807, 2.05) is 0 Å². The minimum Gasteiger partial charge on any atom is -0.368 e. The van der Waals surface area contributed by atoms with Crippen LogP contribution in [-0.2, 0) is 0 Å². The zero-order chi connectivity index (χ0) is 18.3. The lowest BCUT2D eigenvalue weighted by Gasteiger charge is -2.37. The molecule has 6 nitrogen and oxygen atoms in total. The van der Waals surface area contributed by atoms with Crippen LogP contribution in [0, 0.1) is 13.8 Å². The predicted octanol–water partition coefficient (Wildman–Crippen LogP) is 2.21. The van der Waals surface area contributed by atoms with Gasteiger partial charge in [-0.15, -0.1) is 0 Å². The van der Waals surface area contributed by atoms with Crippen molar-refractivity contribution in [3.05, 3.63) is 41.1 Å². The van der Waals surface area contributed by atoms with E-state index in [-0.39, 0.29) is 0 Å². The van der Waals surface area contributed by atoms with Crippen molar-refractivity contribution in [1.29, 1.82) is 0 Å². The molecule has 2 fully saturated rings. The van der Waals surface area contributed by atoms with E-state index in [1.165, 1.54) is 16.8 Å². The van der Waals surface area contributed by atoms with Crippen LogP contribution in [0.5, 0.6) is 0 Å². The van der Waals surface area contributed by atoms with E-state index in [1.54, 1.807) is 0 Å². The van der Waals surface area contributed by atoms with Gasteiger partial charge in [-0.25, -0.2) is 4.98 Å². The normalized spacial score (nSPS) is 23.0. The first kappa shape index (κ1) is 17.1. The minimum atomic E-state index is 0.307. The van der Waals surface area contributed by atoms with Gasteiger partial charge in [0.25, 0.3) is 0 Å². The van der Waals surface area contributed by atoms with Gasteiger partial charge in [0.15, 0.2) is 0 Å². The van der Waals surface area contributed by atoms with Crippen molar-refractivity contribution in [2.75, 3.05) is 41.7 Å². The molecule has 2 aromatic rings. The summed E-state index contributed by atoms with van der Waals surface area (Å²) in [6.07, 6.45) is 1.99. The molecule has 4 N–H and O–H groups in total. The number of aromatic nitrogens is 2. The Bertz CT molecular complexity index is 791. The van der Waals surface area contributed by atoms with Crippen LogP contribution in [0.15, 0.2) is 24.3 Å². The Morgan fingerprint density at radius 1 is 0.923 bits per heavy atom. The van der Waals surface area contributed by atoms with Crippen molar-refractivity contribution < 1.29 is 0 Å². The Labute approximate surface area is 155 Å². The first-order valence-corrected chi connectivity index (χ1v) is 9.47. The highest BCUT2D eigenvalue weighted by molar-refractivity contribution is 5.53. The molecule has 26 heavy (non-hydrogen) atoms. The average molecular weight is 352 g/mol. The van der Waals surface area contributed by atoms with Crippen molar-refractivity contribution >= 4 is 17.5 Å². The molecule has 0 bridgehead atoms. The molecular weight excluding hydrogens is 324 g/mol. The van der Waals surface area contributed by atoms with Gasteiger partial charge in [0.05, 0.1) is 5.69 Å². The molecule has 1 saturated carbocycles. The van der Waals surface area contributed by atoms with Gasteiger partial charge in [-0.2, -0.15) is 4.98 Å². The van der Waals surface area contributed by atoms with Gasteiger partial charge in [0.1, 0.15) is 5.82 Å². The Hall–Kier alpha value is -2.34. The van der Waals surface area contributed by atoms with E-state index in [2.05, 4.69) is 57.9 Å². The van der Waals surface area contributed by atoms with Gasteiger partial charge in [-0.05, 0) is 49.9 Å². The molecule has 2 heterocycles. The van der Waals surface area contributed by atoms with Gasteiger partial charge in [0.2, 0.25) is 5.95 Å². The molecule has 0 unspecified atom stereocenters. The van der Waals surface area contributed by atoms with Crippen molar-refractivity contribution in [1.82, 2.24) is 9.97 Å². The molecule has 1 aliphatic heterocycles. The molecule has 0 amide bonds. The molecule has 1 aromatic heterocycles. The quantitative estimate of drug-likeness (QED) is 0.881. The fourth-order valence-electron chi connectivity index (χ4n) is 3.86. The highest BCUT2D eigenvalue weighted by Crippen LogP contribution is 2.36. The summed E-state index contributed by atoms with van der Waals surface area (Å²) in [4.78, 5) is 13.7. The standard InChI is InChI=1S/C20H28N6/c1-13-3-4-17(9-14(13)2)25-5-7-26(8-6-25)19-12-18(23-20(22)24-19)15-10-16(21)11-15/h3-4,9,12,15-16H,5-8,10-11,21H2,1-2H3,(H2,22,23,24). The SMILES string of the molecule is Cc1ccc(N2CCN(c3cc(C4CC(N)C4)nc(N)n3)CC2)cc1C. The molecule has 4 rings (SSSR count). The zero-order valence-electron chi connectivity index (χ0n) is 15.7. The van der Waals surface area contributed by atoms with E-state index >= 15 is 0 Å². The van der Waals surface area contributed by atoms with Gasteiger partial charge in [-0.3, -0.25) is 0 Å². The summed E-state index contributed by atoms with van der Waals surface area (Å²) in [5.74, 6) is 1.76. The number of rotatable bonds is 3. The Morgan fingerprint density at radius 3 is 2.27 bits per heavy atom. The summed E-state index contributed by atoms with van der Waals surface area (Å²) in [5, 5.41) is 0. The van der Waals surface area contributed by atoms with Crippen LogP contribution in [0.4, 0.5) is 17.5 Å². The van der Waals surface area contributed by atoms with E-state index in [0.717, 1.165) is 50.5 Å². The number of hydrogen-bond donors (Lipinski definition) is 2. The Morgan fingerprint density at radius 2 is 1.62 bits per heavy atom. The fourth-order valence-corrected chi connectivity index (χ4v) is 3.86. The maximum absolute atomic E-state index is 5.98. The predicted molar refractivity (Wildman–Crippen MR) is 107 cm³/mol. The van der Waals surface area contributed by atoms with Gasteiger partial charge in [-0.1, -0.05) is 6.07 Å². The van der Waals surface area contributed by atoms with Crippen LogP contribution in [0.2, 0.25) is 0 Å². The summed E-state index contributed by atoms with van der Waals surface area (Å²) in [7, 11) is 0. The highest BCUT2D eigenvalue weighted by Gasteiger charge is 2.30. The molecule has 0 atom stereocenters. The molecule has 1 aromatic carbocycles. The Kier molecular flexibility index (Phi) is 4.44. The summed E-state index contributed by atoms with van der Waals surface area (Å²) < 4.78 is 0. The maximum Gasteiger partial charge on any atom is 0.222 e. The maximum atomic E-state index is 5.98. The van der Waals surface area contributed by atoms with E-state index in [9.17, 15) is 0 Å². The fraction of sp³-hybridized carbons (Fsp3) is 0.500. The summed E-state index contributed by atoms with van der Waals surface area (Å²) in [5.41, 5.74) is 16.9. The van der Waals surface area contributed by atoms with Crippen molar-refractivity contribution in [2.45, 2.75) is 38.6 Å². The van der Waals surface area contributed by atoms with Crippen LogP contribution in [-0.4, -0.2) is 42.2 Å². The number of nitrogen functional groups attached to an aromatic ring is 1. The smallest absolute Gasteiger partial charge is 0.222 e. The average Bonchev–Trinajstić information content (AvgIpc) is 2.61. The third-order valence-corrected chi connectivity index (χ3v) is 5.80. The van der Waals surface area contributed by atoms with Crippen molar-refractivity contribution in [3.63, 3.8) is 0 Å². The topological polar surface area (TPSA) is 84.3 Å². The van der Waals surface area contributed by atoms with Gasteiger partial charge < -0.3 is 21.3 Å². The molecule has 2 aliphatic rings. The van der Waals surface area contributed by atoms with Crippen LogP contribution in [0.1, 0.15) is 35.6 Å². The molecule has 6 heteroatoms. The monoisotopic (exact) mass is 352 g/mol. The van der Waals surface area contributed by atoms with E-state index < -0.39 is 0 Å². The lowest BCUT2D eigenvalue weighted by molar-refractivity contribution is 0.345. The van der Waals surface area contributed by atoms with E-state index in [4.69, 9.17) is 11.5 Å². The summed E-state index contributed by atoms with van der Waals surface area (Å²) in [6.45, 7) is 8.17. The molecule has 0 spiro atoms. The third-order valence-electron chi connectivity index (χ3n) is 5.80. The first-order valence-electron chi connectivity index (χ1n) is 9.47. The lowest BCUT2D eigenvalue weighted by Crippen LogP contribution is -2.47. The number of nitrogens with two attached hydrogens (primary N) is 2. The molecule has 1 saturated heterocycles. The molecule has 1 aliphatic carbocycles. The summed E-state index contributed by atoms with van der Waals surface area (Å²) in [6, 6.07) is 9.13. The Balaban J connectivity index is 1.45. The summed E-state index contributed by atoms with van der Waals surface area (Å²) >= 11 is 0. The van der Waals surface area contributed by atoms with Crippen LogP contribution < -0.4 is 21.3 Å². The number of aryl methyl sites for hydroxylation is 2. The second-order valence-corrected chi connectivity index (χ2v) is 7.68. The van der Waals surface area contributed by atoms with Crippen molar-refractivity contribution in [3.8, 4) is 0 Å². The third kappa shape index (κ3) is 3.33. The number of nitrogens with zero attached hydrogens (tertiary/aromatic N) is 4. The number of piperazine rings is 1. The van der Waals surface area contributed by atoms with Crippen LogP contribution >= 0.6 is 0 Å². The largest absolute Gasteiger partial charge is 0.368 e. The highest BCUT2D eigenvalue weighted by atomic mass is 15.3. The minimum absolute atomic E-state index is 0.307. The van der Waals surface area contributed by atoms with Gasteiger partial charge in [0, 0.05) is 49.9 Å². The lowest BCUT2D eigenvalue weighted by atomic mass is 9.78. The first-order chi connectivity index (χ1) is 12.5. The van der Waals surface area contributed by atoms with Crippen molar-refractivity contribution in [2.24, 2.45) is 5.73 Å². The number of hydrogen-bond acceptors (Lipinski definition) is 6. The zero-order valence-corrected chi connectivity index (χ0v) is 15.7. The second kappa shape index (κ2) is 6.76. The number of anilines is 3. The van der Waals surface area contributed by atoms with Gasteiger partial charge >= 0.3 is 0 Å². The molecule has 138 valence electrons. The second-order valence-electron chi connectivity index (χ2n) is 7.68. The molecule has 0 radical (unpaired) electrons. The van der Waals surface area contributed by atoms with Crippen LogP contribution in [0.3, 0.4) is 0 Å².